The van der Waals surface area contributed by atoms with Crippen molar-refractivity contribution in [3.63, 3.8) is 0 Å². The van der Waals surface area contributed by atoms with Crippen molar-refractivity contribution in [3.8, 4) is 11.5 Å². The monoisotopic (exact) mass is 427 g/mol. The SMILES string of the molecule is COc1cc(C(=O)N2CCC[C@H](c3nc4ccccc4[nH]3)C2)cc(Cl)c1OC(C)C. The molecule has 0 aliphatic carbocycles. The summed E-state index contributed by atoms with van der Waals surface area (Å²) in [7, 11) is 1.55. The fourth-order valence-corrected chi connectivity index (χ4v) is 4.18. The number of fused-ring (bicyclic) bond motifs is 1. The molecule has 0 radical (unpaired) electrons. The number of ether oxygens (including phenoxy) is 2. The Bertz CT molecular complexity index is 1030. The summed E-state index contributed by atoms with van der Waals surface area (Å²) in [5.41, 5.74) is 2.47. The number of aromatic nitrogens is 2. The number of carbonyl (C=O) groups excluding carboxylic acids is 1. The maximum atomic E-state index is 13.2. The Morgan fingerprint density at radius 2 is 2.10 bits per heavy atom. The zero-order valence-electron chi connectivity index (χ0n) is 17.4. The topological polar surface area (TPSA) is 67.5 Å². The molecule has 0 saturated carbocycles. The standard InChI is InChI=1S/C23H26ClN3O3/c1-14(2)30-21-17(24)11-16(12-20(21)29-3)23(28)27-10-6-7-15(13-27)22-25-18-8-4-5-9-19(18)26-22/h4-5,8-9,11-12,14-15H,6-7,10,13H2,1-3H3,(H,25,26)/t15-/m0/s1. The number of amides is 1. The van der Waals surface area contributed by atoms with Crippen LogP contribution in [0.3, 0.4) is 0 Å². The molecule has 4 rings (SSSR count). The van der Waals surface area contributed by atoms with E-state index in [0.717, 1.165) is 29.7 Å². The Kier molecular flexibility index (Phi) is 5.86. The minimum Gasteiger partial charge on any atom is -0.493 e. The number of likely N-dealkylation sites (tertiary alicyclic amines) is 1. The van der Waals surface area contributed by atoms with Crippen LogP contribution in [-0.4, -0.2) is 47.1 Å². The summed E-state index contributed by atoms with van der Waals surface area (Å²) < 4.78 is 11.2. The molecule has 1 aliphatic heterocycles. The number of carbonyl (C=O) groups is 1. The van der Waals surface area contributed by atoms with E-state index in [1.807, 2.05) is 43.0 Å². The fraction of sp³-hybridized carbons (Fsp3) is 0.391. The van der Waals surface area contributed by atoms with Crippen molar-refractivity contribution in [2.24, 2.45) is 0 Å². The molecule has 0 bridgehead atoms. The Hall–Kier alpha value is -2.73. The third-order valence-corrected chi connectivity index (χ3v) is 5.61. The van der Waals surface area contributed by atoms with Gasteiger partial charge in [-0.15, -0.1) is 0 Å². The number of aromatic amines is 1. The zero-order chi connectivity index (χ0) is 21.3. The van der Waals surface area contributed by atoms with E-state index in [-0.39, 0.29) is 17.9 Å². The molecule has 30 heavy (non-hydrogen) atoms. The molecule has 1 N–H and O–H groups in total. The normalized spacial score (nSPS) is 16.8. The van der Waals surface area contributed by atoms with Crippen LogP contribution in [0.15, 0.2) is 36.4 Å². The number of hydrogen-bond donors (Lipinski definition) is 1. The van der Waals surface area contributed by atoms with Gasteiger partial charge >= 0.3 is 0 Å². The second kappa shape index (κ2) is 8.56. The largest absolute Gasteiger partial charge is 0.493 e. The number of halogens is 1. The number of H-pyrrole nitrogens is 1. The highest BCUT2D eigenvalue weighted by Crippen LogP contribution is 2.38. The van der Waals surface area contributed by atoms with Crippen molar-refractivity contribution in [3.05, 3.63) is 52.8 Å². The van der Waals surface area contributed by atoms with Gasteiger partial charge in [0.25, 0.3) is 5.91 Å². The highest BCUT2D eigenvalue weighted by atomic mass is 35.5. The molecule has 158 valence electrons. The van der Waals surface area contributed by atoms with E-state index in [1.165, 1.54) is 0 Å². The van der Waals surface area contributed by atoms with Crippen LogP contribution in [0, 0.1) is 0 Å². The van der Waals surface area contributed by atoms with Gasteiger partial charge in [-0.2, -0.15) is 0 Å². The number of methoxy groups -OCH3 is 1. The quantitative estimate of drug-likeness (QED) is 0.620. The highest BCUT2D eigenvalue weighted by Gasteiger charge is 2.28. The molecule has 0 spiro atoms. The number of nitrogens with zero attached hydrogens (tertiary/aromatic N) is 2. The number of nitrogens with one attached hydrogen (secondary N) is 1. The Labute approximate surface area is 181 Å². The Morgan fingerprint density at radius 3 is 2.83 bits per heavy atom. The molecule has 1 atom stereocenters. The second-order valence-corrected chi connectivity index (χ2v) is 8.29. The van der Waals surface area contributed by atoms with E-state index in [0.29, 0.717) is 35.2 Å². The zero-order valence-corrected chi connectivity index (χ0v) is 18.2. The van der Waals surface area contributed by atoms with E-state index < -0.39 is 0 Å². The molecule has 1 fully saturated rings. The van der Waals surface area contributed by atoms with Gasteiger partial charge in [0, 0.05) is 24.6 Å². The lowest BCUT2D eigenvalue weighted by Gasteiger charge is -2.32. The van der Waals surface area contributed by atoms with Crippen molar-refractivity contribution in [2.75, 3.05) is 20.2 Å². The predicted molar refractivity (Wildman–Crippen MR) is 118 cm³/mol. The molecular weight excluding hydrogens is 402 g/mol. The molecule has 6 nitrogen and oxygen atoms in total. The number of piperidine rings is 1. The minimum absolute atomic E-state index is 0.0513. The first-order valence-electron chi connectivity index (χ1n) is 10.2. The van der Waals surface area contributed by atoms with Crippen LogP contribution in [0.1, 0.15) is 48.8 Å². The second-order valence-electron chi connectivity index (χ2n) is 7.89. The Balaban J connectivity index is 1.56. The fourth-order valence-electron chi connectivity index (χ4n) is 3.93. The van der Waals surface area contributed by atoms with Crippen LogP contribution in [0.2, 0.25) is 5.02 Å². The van der Waals surface area contributed by atoms with E-state index >= 15 is 0 Å². The van der Waals surface area contributed by atoms with Crippen LogP contribution in [-0.2, 0) is 0 Å². The van der Waals surface area contributed by atoms with Crippen LogP contribution < -0.4 is 9.47 Å². The third-order valence-electron chi connectivity index (χ3n) is 5.33. The van der Waals surface area contributed by atoms with Gasteiger partial charge in [0.05, 0.1) is 29.3 Å². The van der Waals surface area contributed by atoms with Gasteiger partial charge < -0.3 is 19.4 Å². The molecule has 1 aromatic heterocycles. The van der Waals surface area contributed by atoms with Gasteiger partial charge in [-0.1, -0.05) is 23.7 Å². The summed E-state index contributed by atoms with van der Waals surface area (Å²) in [6, 6.07) is 11.4. The number of benzene rings is 2. The summed E-state index contributed by atoms with van der Waals surface area (Å²) in [5.74, 6) is 1.98. The van der Waals surface area contributed by atoms with E-state index in [9.17, 15) is 4.79 Å². The van der Waals surface area contributed by atoms with Gasteiger partial charge in [-0.05, 0) is 51.0 Å². The van der Waals surface area contributed by atoms with Gasteiger partial charge in [0.2, 0.25) is 0 Å². The van der Waals surface area contributed by atoms with Crippen LogP contribution in [0.5, 0.6) is 11.5 Å². The summed E-state index contributed by atoms with van der Waals surface area (Å²) in [6.45, 7) is 5.16. The number of hydrogen-bond acceptors (Lipinski definition) is 4. The average molecular weight is 428 g/mol. The smallest absolute Gasteiger partial charge is 0.254 e. The first kappa shape index (κ1) is 20.5. The van der Waals surface area contributed by atoms with Crippen molar-refractivity contribution < 1.29 is 14.3 Å². The molecule has 2 aromatic carbocycles. The summed E-state index contributed by atoms with van der Waals surface area (Å²) in [4.78, 5) is 23.3. The molecule has 0 unspecified atom stereocenters. The number of para-hydroxylation sites is 2. The molecule has 3 aromatic rings. The van der Waals surface area contributed by atoms with Gasteiger partial charge in [-0.3, -0.25) is 4.79 Å². The highest BCUT2D eigenvalue weighted by molar-refractivity contribution is 6.32. The average Bonchev–Trinajstić information content (AvgIpc) is 3.18. The molecular formula is C23H26ClN3O3. The predicted octanol–water partition coefficient (Wildman–Crippen LogP) is 5.03. The lowest BCUT2D eigenvalue weighted by molar-refractivity contribution is 0.0704. The Morgan fingerprint density at radius 1 is 1.30 bits per heavy atom. The third kappa shape index (κ3) is 4.10. The van der Waals surface area contributed by atoms with Crippen molar-refractivity contribution in [2.45, 2.75) is 38.7 Å². The lowest BCUT2D eigenvalue weighted by atomic mass is 9.96. The lowest BCUT2D eigenvalue weighted by Crippen LogP contribution is -2.39. The van der Waals surface area contributed by atoms with Crippen molar-refractivity contribution in [1.82, 2.24) is 14.9 Å². The van der Waals surface area contributed by atoms with E-state index in [2.05, 4.69) is 4.98 Å². The van der Waals surface area contributed by atoms with Gasteiger partial charge in [-0.25, -0.2) is 4.98 Å². The van der Waals surface area contributed by atoms with Crippen LogP contribution in [0.4, 0.5) is 0 Å². The van der Waals surface area contributed by atoms with Gasteiger partial charge in [0.1, 0.15) is 5.82 Å². The maximum absolute atomic E-state index is 13.2. The van der Waals surface area contributed by atoms with Crippen molar-refractivity contribution >= 4 is 28.5 Å². The minimum atomic E-state index is -0.0629. The molecule has 1 aliphatic rings. The summed E-state index contributed by atoms with van der Waals surface area (Å²) >= 11 is 6.42. The molecule has 1 saturated heterocycles. The summed E-state index contributed by atoms with van der Waals surface area (Å²) in [5, 5.41) is 0.372. The molecule has 1 amide bonds. The van der Waals surface area contributed by atoms with Gasteiger partial charge in [0.15, 0.2) is 11.5 Å². The number of imidazole rings is 1. The van der Waals surface area contributed by atoms with E-state index in [1.54, 1.807) is 19.2 Å². The van der Waals surface area contributed by atoms with E-state index in [4.69, 9.17) is 26.1 Å². The first-order chi connectivity index (χ1) is 14.5. The first-order valence-corrected chi connectivity index (χ1v) is 10.6. The van der Waals surface area contributed by atoms with Crippen LogP contribution in [0.25, 0.3) is 11.0 Å². The summed E-state index contributed by atoms with van der Waals surface area (Å²) in [6.07, 6.45) is 1.87. The van der Waals surface area contributed by atoms with Crippen molar-refractivity contribution in [1.29, 1.82) is 0 Å². The molecule has 2 heterocycles. The molecule has 7 heteroatoms. The number of rotatable bonds is 5. The maximum Gasteiger partial charge on any atom is 0.254 e. The van der Waals surface area contributed by atoms with Crippen LogP contribution >= 0.6 is 11.6 Å².